The molecule has 0 bridgehead atoms. The molecule has 7 nitrogen and oxygen atoms in total. The first-order chi connectivity index (χ1) is 11.6. The third kappa shape index (κ3) is 6.67. The summed E-state index contributed by atoms with van der Waals surface area (Å²) in [6.45, 7) is 8.70. The van der Waals surface area contributed by atoms with Crippen molar-refractivity contribution in [1.82, 2.24) is 4.98 Å². The summed E-state index contributed by atoms with van der Waals surface area (Å²) in [4.78, 5) is 26.3. The Labute approximate surface area is 149 Å². The van der Waals surface area contributed by atoms with E-state index in [2.05, 4.69) is 31.0 Å². The van der Waals surface area contributed by atoms with E-state index in [9.17, 15) is 9.59 Å². The van der Waals surface area contributed by atoms with E-state index >= 15 is 0 Å². The number of ether oxygens (including phenoxy) is 2. The second-order valence-corrected chi connectivity index (χ2v) is 4.80. The van der Waals surface area contributed by atoms with Crippen molar-refractivity contribution < 1.29 is 23.5 Å². The van der Waals surface area contributed by atoms with Crippen LogP contribution in [0.15, 0.2) is 21.2 Å². The number of halogens is 1. The van der Waals surface area contributed by atoms with E-state index in [-0.39, 0.29) is 23.8 Å². The predicted octanol–water partition coefficient (Wildman–Crippen LogP) is 4.65. The van der Waals surface area contributed by atoms with Crippen LogP contribution in [-0.2, 0) is 9.47 Å². The van der Waals surface area contributed by atoms with Crippen LogP contribution in [-0.4, -0.2) is 37.7 Å². The van der Waals surface area contributed by atoms with Gasteiger partial charge >= 0.3 is 6.09 Å². The van der Waals surface area contributed by atoms with E-state index in [1.54, 1.807) is 20.1 Å². The van der Waals surface area contributed by atoms with E-state index in [4.69, 9.17) is 9.15 Å². The molecule has 134 valence electrons. The average Bonchev–Trinajstić information content (AvgIpc) is 2.94. The van der Waals surface area contributed by atoms with Gasteiger partial charge in [0.25, 0.3) is 0 Å². The molecule has 0 atom stereocenters. The topological polar surface area (TPSA) is 90.7 Å². The van der Waals surface area contributed by atoms with Crippen LogP contribution in [0.3, 0.4) is 0 Å². The number of nitrogens with zero attached hydrogens (tertiary/aromatic N) is 1. The van der Waals surface area contributed by atoms with Gasteiger partial charge in [-0.2, -0.15) is 0 Å². The lowest BCUT2D eigenvalue weighted by Gasteiger charge is -2.03. The molecule has 1 amide bonds. The van der Waals surface area contributed by atoms with Crippen molar-refractivity contribution in [3.63, 3.8) is 0 Å². The lowest BCUT2D eigenvalue weighted by molar-refractivity contribution is 0.110. The number of furan rings is 1. The minimum absolute atomic E-state index is 0.00338. The van der Waals surface area contributed by atoms with Crippen LogP contribution in [0.4, 0.5) is 10.5 Å². The number of aromatic nitrogens is 1. The standard InChI is InChI=1S/C11H9BrN2O4.C3H8O.C2H6/c1-2-17-11(16)14-9-7-3-6(12)4-13-10(7)18-8(9)5-15;1-3-4-2;1-2/h3-5H,2H2,1H3,(H,14,16);3H2,1-2H3;1-2H3. The third-order valence-corrected chi connectivity index (χ3v) is 2.87. The van der Waals surface area contributed by atoms with Gasteiger partial charge in [-0.3, -0.25) is 10.1 Å². The fraction of sp³-hybridized carbons (Fsp3) is 0.438. The summed E-state index contributed by atoms with van der Waals surface area (Å²) in [6, 6.07) is 1.69. The van der Waals surface area contributed by atoms with Crippen LogP contribution >= 0.6 is 15.9 Å². The first-order valence-corrected chi connectivity index (χ1v) is 8.32. The Morgan fingerprint density at radius 1 is 1.38 bits per heavy atom. The Balaban J connectivity index is 0.000000773. The van der Waals surface area contributed by atoms with Gasteiger partial charge in [0, 0.05) is 24.4 Å². The fourth-order valence-electron chi connectivity index (χ4n) is 1.46. The summed E-state index contributed by atoms with van der Waals surface area (Å²) in [5.74, 6) is 0.00338. The first kappa shape index (κ1) is 22.1. The molecule has 0 spiro atoms. The molecule has 0 aliphatic rings. The van der Waals surface area contributed by atoms with Crippen LogP contribution in [0.1, 0.15) is 38.2 Å². The number of hydrogen-bond acceptors (Lipinski definition) is 6. The lowest BCUT2D eigenvalue weighted by atomic mass is 10.2. The molecule has 2 rings (SSSR count). The van der Waals surface area contributed by atoms with E-state index in [1.807, 2.05) is 20.8 Å². The van der Waals surface area contributed by atoms with E-state index in [1.165, 1.54) is 6.20 Å². The van der Waals surface area contributed by atoms with Gasteiger partial charge in [-0.05, 0) is 35.8 Å². The Morgan fingerprint density at radius 3 is 2.50 bits per heavy atom. The highest BCUT2D eigenvalue weighted by atomic mass is 79.9. The number of amides is 1. The number of hydrogen-bond donors (Lipinski definition) is 1. The number of carbonyl (C=O) groups is 2. The first-order valence-electron chi connectivity index (χ1n) is 7.53. The maximum absolute atomic E-state index is 11.4. The highest BCUT2D eigenvalue weighted by Gasteiger charge is 2.17. The summed E-state index contributed by atoms with van der Waals surface area (Å²) < 4.78 is 15.2. The summed E-state index contributed by atoms with van der Waals surface area (Å²) in [5.41, 5.74) is 0.527. The molecule has 2 aromatic heterocycles. The number of nitrogens with one attached hydrogen (secondary N) is 1. The molecule has 0 unspecified atom stereocenters. The average molecular weight is 403 g/mol. The number of carbonyl (C=O) groups excluding carboxylic acids is 2. The van der Waals surface area contributed by atoms with E-state index in [0.29, 0.717) is 16.1 Å². The van der Waals surface area contributed by atoms with Gasteiger partial charge in [0.15, 0.2) is 12.0 Å². The zero-order chi connectivity index (χ0) is 18.5. The van der Waals surface area contributed by atoms with Crippen LogP contribution in [0.5, 0.6) is 0 Å². The molecule has 24 heavy (non-hydrogen) atoms. The molecule has 0 saturated carbocycles. The molecule has 1 N–H and O–H groups in total. The minimum Gasteiger partial charge on any atom is -0.450 e. The molecular formula is C16H23BrN2O5. The molecule has 0 aliphatic heterocycles. The van der Waals surface area contributed by atoms with Crippen molar-refractivity contribution in [2.75, 3.05) is 25.6 Å². The minimum atomic E-state index is -0.650. The van der Waals surface area contributed by atoms with Gasteiger partial charge in [-0.15, -0.1) is 0 Å². The number of aldehydes is 1. The van der Waals surface area contributed by atoms with Gasteiger partial charge in [0.2, 0.25) is 5.71 Å². The number of anilines is 1. The Morgan fingerprint density at radius 2 is 2.00 bits per heavy atom. The zero-order valence-corrected chi connectivity index (χ0v) is 16.1. The van der Waals surface area contributed by atoms with E-state index < -0.39 is 6.09 Å². The fourth-order valence-corrected chi connectivity index (χ4v) is 1.79. The molecule has 2 aromatic rings. The van der Waals surface area contributed by atoms with Gasteiger partial charge in [-0.1, -0.05) is 13.8 Å². The molecule has 0 radical (unpaired) electrons. The molecule has 0 saturated heterocycles. The predicted molar refractivity (Wildman–Crippen MR) is 96.6 cm³/mol. The second kappa shape index (κ2) is 12.5. The van der Waals surface area contributed by atoms with Crippen molar-refractivity contribution >= 4 is 45.1 Å². The third-order valence-electron chi connectivity index (χ3n) is 2.44. The quantitative estimate of drug-likeness (QED) is 0.748. The number of methoxy groups -OCH3 is 1. The summed E-state index contributed by atoms with van der Waals surface area (Å²) in [6.07, 6.45) is 1.40. The van der Waals surface area contributed by atoms with Gasteiger partial charge in [0.1, 0.15) is 5.69 Å². The second-order valence-electron chi connectivity index (χ2n) is 3.89. The largest absolute Gasteiger partial charge is 0.450 e. The highest BCUT2D eigenvalue weighted by molar-refractivity contribution is 9.10. The van der Waals surface area contributed by atoms with Gasteiger partial charge in [0.05, 0.1) is 12.0 Å². The Bertz CT molecular complexity index is 641. The van der Waals surface area contributed by atoms with Crippen LogP contribution in [0, 0.1) is 0 Å². The van der Waals surface area contributed by atoms with Gasteiger partial charge < -0.3 is 13.9 Å². The van der Waals surface area contributed by atoms with Crippen molar-refractivity contribution in [2.24, 2.45) is 0 Å². The Kier molecular flexibility index (Phi) is 11.5. The molecular weight excluding hydrogens is 380 g/mol. The summed E-state index contributed by atoms with van der Waals surface area (Å²) in [7, 11) is 1.68. The van der Waals surface area contributed by atoms with Crippen LogP contribution < -0.4 is 5.32 Å². The molecule has 8 heteroatoms. The number of fused-ring (bicyclic) bond motifs is 1. The normalized spacial score (nSPS) is 9.25. The highest BCUT2D eigenvalue weighted by Crippen LogP contribution is 2.30. The van der Waals surface area contributed by atoms with E-state index in [0.717, 1.165) is 6.61 Å². The maximum atomic E-state index is 11.4. The van der Waals surface area contributed by atoms with Gasteiger partial charge in [-0.25, -0.2) is 9.78 Å². The molecule has 0 aromatic carbocycles. The van der Waals surface area contributed by atoms with Crippen molar-refractivity contribution in [1.29, 1.82) is 0 Å². The van der Waals surface area contributed by atoms with Crippen molar-refractivity contribution in [2.45, 2.75) is 27.7 Å². The van der Waals surface area contributed by atoms with Crippen LogP contribution in [0.25, 0.3) is 11.1 Å². The monoisotopic (exact) mass is 402 g/mol. The lowest BCUT2D eigenvalue weighted by Crippen LogP contribution is -2.13. The molecule has 0 fully saturated rings. The van der Waals surface area contributed by atoms with Crippen molar-refractivity contribution in [3.8, 4) is 0 Å². The zero-order valence-electron chi connectivity index (χ0n) is 14.5. The summed E-state index contributed by atoms with van der Waals surface area (Å²) >= 11 is 3.26. The number of rotatable bonds is 4. The maximum Gasteiger partial charge on any atom is 0.411 e. The molecule has 2 heterocycles. The van der Waals surface area contributed by atoms with Crippen LogP contribution in [0.2, 0.25) is 0 Å². The number of pyridine rings is 1. The Hall–Kier alpha value is -1.93. The van der Waals surface area contributed by atoms with Crippen molar-refractivity contribution in [3.05, 3.63) is 22.5 Å². The molecule has 0 aliphatic carbocycles. The SMILES string of the molecule is CC.CCOC.CCOC(=O)Nc1c(C=O)oc2ncc(Br)cc12. The summed E-state index contributed by atoms with van der Waals surface area (Å²) in [5, 5.41) is 2.99. The smallest absolute Gasteiger partial charge is 0.411 e.